The van der Waals surface area contributed by atoms with Crippen LogP contribution >= 0.6 is 24.0 Å². The maximum Gasteiger partial charge on any atom is 0.243 e. The molecule has 3 N–H and O–H groups in total. The van der Waals surface area contributed by atoms with Crippen LogP contribution < -0.4 is 15.8 Å². The van der Waals surface area contributed by atoms with Gasteiger partial charge in [-0.15, -0.1) is 24.0 Å². The fraction of sp³-hybridized carbons (Fsp3) is 0.350. The topological polar surface area (TPSA) is 97.0 Å². The van der Waals surface area contributed by atoms with Crippen LogP contribution in [0.5, 0.6) is 5.75 Å². The van der Waals surface area contributed by atoms with Gasteiger partial charge < -0.3 is 15.8 Å². The van der Waals surface area contributed by atoms with Crippen LogP contribution in [-0.4, -0.2) is 38.9 Å². The Bertz CT molecular complexity index is 944. The fourth-order valence-electron chi connectivity index (χ4n) is 3.23. The quantitative estimate of drug-likeness (QED) is 0.339. The molecule has 9 heteroatoms. The van der Waals surface area contributed by atoms with E-state index in [4.69, 9.17) is 10.5 Å². The summed E-state index contributed by atoms with van der Waals surface area (Å²) in [6.07, 6.45) is 2.87. The summed E-state index contributed by atoms with van der Waals surface area (Å²) in [5.41, 5.74) is 7.32. The minimum atomic E-state index is -3.53. The number of nitrogens with two attached hydrogens (primary N) is 1. The van der Waals surface area contributed by atoms with Crippen LogP contribution in [0.25, 0.3) is 0 Å². The number of aliphatic imine (C=N–C) groups is 1. The van der Waals surface area contributed by atoms with E-state index in [1.807, 2.05) is 30.3 Å². The molecule has 0 atom stereocenters. The number of para-hydroxylation sites is 2. The first-order valence-corrected chi connectivity index (χ1v) is 10.7. The maximum absolute atomic E-state index is 13.0. The van der Waals surface area contributed by atoms with Gasteiger partial charge in [0.1, 0.15) is 5.75 Å². The molecule has 2 aromatic carbocycles. The second-order valence-electron chi connectivity index (χ2n) is 6.60. The standard InChI is InChI=1S/C20H26N4O3S.HI/c1-27-18-11-5-4-10-17(18)23-20(21)22-15-16-9-3-6-12-19(16)28(25,26)24-13-7-2-8-14-24;/h3-6,9-12H,2,7-8,13-15H2,1H3,(H3,21,22,23);1H. The number of hydrogen-bond acceptors (Lipinski definition) is 4. The van der Waals surface area contributed by atoms with E-state index in [0.29, 0.717) is 35.0 Å². The first kappa shape index (κ1) is 23.4. The number of methoxy groups -OCH3 is 1. The number of halogens is 1. The van der Waals surface area contributed by atoms with Gasteiger partial charge in [-0.25, -0.2) is 13.4 Å². The van der Waals surface area contributed by atoms with Crippen molar-refractivity contribution in [3.05, 3.63) is 54.1 Å². The van der Waals surface area contributed by atoms with Crippen molar-refractivity contribution in [3.63, 3.8) is 0 Å². The van der Waals surface area contributed by atoms with E-state index in [0.717, 1.165) is 19.3 Å². The molecule has 1 heterocycles. The van der Waals surface area contributed by atoms with Crippen LogP contribution in [0.4, 0.5) is 5.69 Å². The SMILES string of the molecule is COc1ccccc1NC(N)=NCc1ccccc1S(=O)(=O)N1CCCCC1.I. The van der Waals surface area contributed by atoms with E-state index >= 15 is 0 Å². The van der Waals surface area contributed by atoms with Gasteiger partial charge in [-0.2, -0.15) is 4.31 Å². The van der Waals surface area contributed by atoms with Crippen molar-refractivity contribution in [1.29, 1.82) is 0 Å². The molecule has 158 valence electrons. The van der Waals surface area contributed by atoms with E-state index in [9.17, 15) is 8.42 Å². The van der Waals surface area contributed by atoms with E-state index in [1.54, 1.807) is 29.6 Å². The molecule has 1 aliphatic heterocycles. The first-order valence-electron chi connectivity index (χ1n) is 9.30. The van der Waals surface area contributed by atoms with Gasteiger partial charge in [0.15, 0.2) is 5.96 Å². The van der Waals surface area contributed by atoms with Crippen molar-refractivity contribution in [2.24, 2.45) is 10.7 Å². The van der Waals surface area contributed by atoms with Gasteiger partial charge in [-0.1, -0.05) is 36.8 Å². The lowest BCUT2D eigenvalue weighted by molar-refractivity contribution is 0.346. The number of ether oxygens (including phenoxy) is 1. The molecule has 3 rings (SSSR count). The summed E-state index contributed by atoms with van der Waals surface area (Å²) in [5, 5.41) is 3.00. The zero-order valence-electron chi connectivity index (χ0n) is 16.4. The minimum absolute atomic E-state index is 0. The zero-order chi connectivity index (χ0) is 20.0. The number of hydrogen-bond donors (Lipinski definition) is 2. The van der Waals surface area contributed by atoms with Gasteiger partial charge in [0.05, 0.1) is 24.2 Å². The normalized spacial score (nSPS) is 15.4. The highest BCUT2D eigenvalue weighted by atomic mass is 127. The van der Waals surface area contributed by atoms with Crippen molar-refractivity contribution < 1.29 is 13.2 Å². The molecule has 1 aliphatic rings. The van der Waals surface area contributed by atoms with Crippen LogP contribution in [0.1, 0.15) is 24.8 Å². The number of benzene rings is 2. The maximum atomic E-state index is 13.0. The molecule has 29 heavy (non-hydrogen) atoms. The Hall–Kier alpha value is -1.85. The number of guanidine groups is 1. The summed E-state index contributed by atoms with van der Waals surface area (Å²) in [7, 11) is -1.95. The number of anilines is 1. The zero-order valence-corrected chi connectivity index (χ0v) is 19.5. The smallest absolute Gasteiger partial charge is 0.243 e. The second kappa shape index (κ2) is 10.8. The average molecular weight is 530 g/mol. The third-order valence-corrected chi connectivity index (χ3v) is 6.69. The summed E-state index contributed by atoms with van der Waals surface area (Å²) >= 11 is 0. The third-order valence-electron chi connectivity index (χ3n) is 4.69. The molecule has 2 aromatic rings. The van der Waals surface area contributed by atoms with Crippen LogP contribution in [0.2, 0.25) is 0 Å². The third kappa shape index (κ3) is 5.83. The van der Waals surface area contributed by atoms with Gasteiger partial charge in [-0.05, 0) is 36.6 Å². The molecule has 0 bridgehead atoms. The van der Waals surface area contributed by atoms with E-state index < -0.39 is 10.0 Å². The highest BCUT2D eigenvalue weighted by Crippen LogP contribution is 2.25. The van der Waals surface area contributed by atoms with Crippen LogP contribution in [-0.2, 0) is 16.6 Å². The van der Waals surface area contributed by atoms with E-state index in [2.05, 4.69) is 10.3 Å². The molecule has 0 radical (unpaired) electrons. The Morgan fingerprint density at radius 3 is 2.48 bits per heavy atom. The summed E-state index contributed by atoms with van der Waals surface area (Å²) < 4.78 is 32.9. The van der Waals surface area contributed by atoms with E-state index in [1.165, 1.54) is 0 Å². The predicted molar refractivity (Wildman–Crippen MR) is 126 cm³/mol. The molecule has 1 saturated heterocycles. The minimum Gasteiger partial charge on any atom is -0.495 e. The Labute approximate surface area is 189 Å². The molecular formula is C20H27IN4O3S. The lowest BCUT2D eigenvalue weighted by Crippen LogP contribution is -2.36. The average Bonchev–Trinajstić information content (AvgIpc) is 2.73. The van der Waals surface area contributed by atoms with Gasteiger partial charge in [0.2, 0.25) is 10.0 Å². The number of nitrogens with zero attached hydrogens (tertiary/aromatic N) is 2. The Balaban J connectivity index is 0.00000300. The molecule has 0 unspecified atom stereocenters. The lowest BCUT2D eigenvalue weighted by atomic mass is 10.2. The monoisotopic (exact) mass is 530 g/mol. The largest absolute Gasteiger partial charge is 0.495 e. The Kier molecular flexibility index (Phi) is 8.72. The molecule has 0 saturated carbocycles. The van der Waals surface area contributed by atoms with Crippen LogP contribution in [0, 0.1) is 0 Å². The molecule has 0 amide bonds. The molecular weight excluding hydrogens is 503 g/mol. The van der Waals surface area contributed by atoms with Gasteiger partial charge in [0, 0.05) is 13.1 Å². The summed E-state index contributed by atoms with van der Waals surface area (Å²) in [6.45, 7) is 1.30. The second-order valence-corrected chi connectivity index (χ2v) is 8.51. The van der Waals surface area contributed by atoms with Crippen LogP contribution in [0.15, 0.2) is 58.4 Å². The predicted octanol–water partition coefficient (Wildman–Crippen LogP) is 3.41. The molecule has 0 aliphatic carbocycles. The molecule has 0 aromatic heterocycles. The van der Waals surface area contributed by atoms with Crippen molar-refractivity contribution in [2.45, 2.75) is 30.7 Å². The van der Waals surface area contributed by atoms with Gasteiger partial charge in [-0.3, -0.25) is 0 Å². The van der Waals surface area contributed by atoms with Crippen molar-refractivity contribution in [3.8, 4) is 5.75 Å². The van der Waals surface area contributed by atoms with Gasteiger partial charge in [0.25, 0.3) is 0 Å². The highest BCUT2D eigenvalue weighted by molar-refractivity contribution is 14.0. The first-order chi connectivity index (χ1) is 13.5. The number of rotatable bonds is 6. The van der Waals surface area contributed by atoms with Crippen molar-refractivity contribution in [1.82, 2.24) is 4.31 Å². The number of sulfonamides is 1. The highest BCUT2D eigenvalue weighted by Gasteiger charge is 2.27. The molecule has 7 nitrogen and oxygen atoms in total. The Morgan fingerprint density at radius 2 is 1.76 bits per heavy atom. The van der Waals surface area contributed by atoms with Crippen LogP contribution in [0.3, 0.4) is 0 Å². The summed E-state index contributed by atoms with van der Waals surface area (Å²) in [4.78, 5) is 4.63. The number of piperidine rings is 1. The molecule has 1 fully saturated rings. The number of nitrogens with one attached hydrogen (secondary N) is 1. The van der Waals surface area contributed by atoms with E-state index in [-0.39, 0.29) is 36.5 Å². The lowest BCUT2D eigenvalue weighted by Gasteiger charge is -2.26. The van der Waals surface area contributed by atoms with Gasteiger partial charge >= 0.3 is 0 Å². The fourth-order valence-corrected chi connectivity index (χ4v) is 4.96. The van der Waals surface area contributed by atoms with Crippen molar-refractivity contribution in [2.75, 3.05) is 25.5 Å². The summed E-state index contributed by atoms with van der Waals surface area (Å²) in [5.74, 6) is 0.836. The molecule has 0 spiro atoms. The van der Waals surface area contributed by atoms with Crippen molar-refractivity contribution >= 4 is 45.6 Å². The Morgan fingerprint density at radius 1 is 1.10 bits per heavy atom. The summed E-state index contributed by atoms with van der Waals surface area (Å²) in [6, 6.07) is 14.3.